The Morgan fingerprint density at radius 3 is 2.50 bits per heavy atom. The van der Waals surface area contributed by atoms with Gasteiger partial charge in [0.15, 0.2) is 0 Å². The summed E-state index contributed by atoms with van der Waals surface area (Å²) in [5.41, 5.74) is 5.50. The van der Waals surface area contributed by atoms with Crippen molar-refractivity contribution in [2.75, 3.05) is 6.61 Å². The average molecular weight is 116 g/mol. The van der Waals surface area contributed by atoms with Crippen LogP contribution in [0, 0.1) is 5.92 Å². The van der Waals surface area contributed by atoms with Crippen molar-refractivity contribution in [2.24, 2.45) is 17.5 Å². The number of rotatable bonds is 2. The molecule has 0 aromatic carbocycles. The maximum absolute atomic E-state index is 5.50. The summed E-state index contributed by atoms with van der Waals surface area (Å²) >= 11 is 0. The molecule has 0 saturated heterocycles. The average Bonchev–Trinajstić information content (AvgIpc) is 1.64. The van der Waals surface area contributed by atoms with E-state index >= 15 is 0 Å². The summed E-state index contributed by atoms with van der Waals surface area (Å²) in [6.07, 6.45) is 2.16. The van der Waals surface area contributed by atoms with E-state index in [9.17, 15) is 0 Å². The molecule has 0 aliphatic heterocycles. The molecule has 0 radical (unpaired) electrons. The molecule has 0 bridgehead atoms. The van der Waals surface area contributed by atoms with Gasteiger partial charge in [0.1, 0.15) is 0 Å². The first-order valence-corrected chi connectivity index (χ1v) is 2.90. The zero-order valence-corrected chi connectivity index (χ0v) is 4.84. The van der Waals surface area contributed by atoms with Crippen molar-refractivity contribution in [2.45, 2.75) is 18.9 Å². The van der Waals surface area contributed by atoms with Crippen LogP contribution in [0.4, 0.5) is 0 Å². The molecule has 1 aliphatic rings. The van der Waals surface area contributed by atoms with Crippen molar-refractivity contribution in [3.63, 3.8) is 0 Å². The summed E-state index contributed by atoms with van der Waals surface area (Å²) in [5, 5.41) is 0. The van der Waals surface area contributed by atoms with Crippen molar-refractivity contribution in [1.29, 1.82) is 0 Å². The lowest BCUT2D eigenvalue weighted by atomic mass is 9.82. The SMILES string of the molecule is NOC[C@H]1C[C@@H](N)C1. The molecule has 0 spiro atoms. The third-order valence-electron chi connectivity index (χ3n) is 1.60. The van der Waals surface area contributed by atoms with Crippen molar-refractivity contribution in [3.8, 4) is 0 Å². The van der Waals surface area contributed by atoms with Crippen LogP contribution < -0.4 is 11.6 Å². The quantitative estimate of drug-likeness (QED) is 0.483. The molecular formula is C5H12N2O. The molecule has 3 nitrogen and oxygen atoms in total. The Bertz CT molecular complexity index is 68.1. The molecule has 0 amide bonds. The van der Waals surface area contributed by atoms with Gasteiger partial charge in [0.25, 0.3) is 0 Å². The van der Waals surface area contributed by atoms with Crippen LogP contribution in [-0.4, -0.2) is 12.6 Å². The molecule has 1 aliphatic carbocycles. The van der Waals surface area contributed by atoms with Gasteiger partial charge in [-0.2, -0.15) is 0 Å². The fraction of sp³-hybridized carbons (Fsp3) is 1.00. The summed E-state index contributed by atoms with van der Waals surface area (Å²) in [6, 6.07) is 0.412. The Morgan fingerprint density at radius 2 is 2.12 bits per heavy atom. The summed E-state index contributed by atoms with van der Waals surface area (Å²) in [4.78, 5) is 4.44. The smallest absolute Gasteiger partial charge is 0.0708 e. The standard InChI is InChI=1S/C5H12N2O/c6-5-1-4(2-5)3-8-7/h4-5H,1-3,6-7H2/t4-,5+. The molecule has 1 fully saturated rings. The molecule has 0 aromatic heterocycles. The highest BCUT2D eigenvalue weighted by Crippen LogP contribution is 2.24. The van der Waals surface area contributed by atoms with Gasteiger partial charge < -0.3 is 10.6 Å². The molecule has 0 heterocycles. The highest BCUT2D eigenvalue weighted by Gasteiger charge is 2.25. The van der Waals surface area contributed by atoms with Gasteiger partial charge in [0.05, 0.1) is 6.61 Å². The van der Waals surface area contributed by atoms with Crippen molar-refractivity contribution >= 4 is 0 Å². The van der Waals surface area contributed by atoms with E-state index in [2.05, 4.69) is 4.84 Å². The molecule has 48 valence electrons. The van der Waals surface area contributed by atoms with Gasteiger partial charge in [-0.25, -0.2) is 5.90 Å². The zero-order valence-electron chi connectivity index (χ0n) is 4.84. The van der Waals surface area contributed by atoms with Crippen LogP contribution in [0.2, 0.25) is 0 Å². The van der Waals surface area contributed by atoms with Gasteiger partial charge in [0.2, 0.25) is 0 Å². The first-order chi connectivity index (χ1) is 3.83. The molecule has 3 heteroatoms. The number of hydrogen-bond donors (Lipinski definition) is 2. The second kappa shape index (κ2) is 2.44. The van der Waals surface area contributed by atoms with Gasteiger partial charge in [-0.15, -0.1) is 0 Å². The molecule has 1 saturated carbocycles. The van der Waals surface area contributed by atoms with E-state index in [4.69, 9.17) is 11.6 Å². The van der Waals surface area contributed by atoms with Gasteiger partial charge in [-0.1, -0.05) is 0 Å². The van der Waals surface area contributed by atoms with Crippen LogP contribution in [0.15, 0.2) is 0 Å². The van der Waals surface area contributed by atoms with Crippen LogP contribution in [0.5, 0.6) is 0 Å². The lowest BCUT2D eigenvalue weighted by Crippen LogP contribution is -2.38. The first kappa shape index (κ1) is 6.01. The van der Waals surface area contributed by atoms with Crippen LogP contribution in [0.3, 0.4) is 0 Å². The summed E-state index contributed by atoms with van der Waals surface area (Å²) < 4.78 is 0. The minimum absolute atomic E-state index is 0.412. The van der Waals surface area contributed by atoms with E-state index < -0.39 is 0 Å². The van der Waals surface area contributed by atoms with Gasteiger partial charge in [0, 0.05) is 6.04 Å². The normalized spacial score (nSPS) is 36.8. The second-order valence-electron chi connectivity index (χ2n) is 2.43. The van der Waals surface area contributed by atoms with Crippen molar-refractivity contribution < 1.29 is 4.84 Å². The Morgan fingerprint density at radius 1 is 1.50 bits per heavy atom. The van der Waals surface area contributed by atoms with Crippen LogP contribution in [0.25, 0.3) is 0 Å². The highest BCUT2D eigenvalue weighted by molar-refractivity contribution is 4.81. The maximum atomic E-state index is 5.50. The first-order valence-electron chi connectivity index (χ1n) is 2.90. The summed E-state index contributed by atoms with van der Waals surface area (Å²) in [7, 11) is 0. The topological polar surface area (TPSA) is 61.3 Å². The van der Waals surface area contributed by atoms with Gasteiger partial charge >= 0.3 is 0 Å². The summed E-state index contributed by atoms with van der Waals surface area (Å²) in [6.45, 7) is 0.674. The molecule has 4 N–H and O–H groups in total. The Balaban J connectivity index is 1.98. The van der Waals surface area contributed by atoms with Crippen molar-refractivity contribution in [3.05, 3.63) is 0 Å². The van der Waals surface area contributed by atoms with Crippen LogP contribution >= 0.6 is 0 Å². The Hall–Kier alpha value is -0.120. The highest BCUT2D eigenvalue weighted by atomic mass is 16.6. The fourth-order valence-electron chi connectivity index (χ4n) is 1.06. The maximum Gasteiger partial charge on any atom is 0.0708 e. The van der Waals surface area contributed by atoms with Crippen molar-refractivity contribution in [1.82, 2.24) is 0 Å². The molecular weight excluding hydrogens is 104 g/mol. The second-order valence-corrected chi connectivity index (χ2v) is 2.43. The van der Waals surface area contributed by atoms with E-state index in [-0.39, 0.29) is 0 Å². The minimum Gasteiger partial charge on any atom is -0.328 e. The summed E-state index contributed by atoms with van der Waals surface area (Å²) in [5.74, 6) is 5.48. The molecule has 1 rings (SSSR count). The molecule has 0 atom stereocenters. The third-order valence-corrected chi connectivity index (χ3v) is 1.60. The predicted molar refractivity (Wildman–Crippen MR) is 30.8 cm³/mol. The number of nitrogens with two attached hydrogens (primary N) is 2. The molecule has 0 unspecified atom stereocenters. The fourth-order valence-corrected chi connectivity index (χ4v) is 1.06. The zero-order chi connectivity index (χ0) is 5.98. The predicted octanol–water partition coefficient (Wildman–Crippen LogP) is -0.386. The van der Waals surface area contributed by atoms with E-state index in [1.54, 1.807) is 0 Å². The lowest BCUT2D eigenvalue weighted by Gasteiger charge is -2.31. The van der Waals surface area contributed by atoms with E-state index in [0.29, 0.717) is 18.6 Å². The molecule has 8 heavy (non-hydrogen) atoms. The number of hydrogen-bond acceptors (Lipinski definition) is 3. The van der Waals surface area contributed by atoms with Crippen LogP contribution in [0.1, 0.15) is 12.8 Å². The van der Waals surface area contributed by atoms with E-state index in [0.717, 1.165) is 12.8 Å². The molecule has 0 aromatic rings. The lowest BCUT2D eigenvalue weighted by molar-refractivity contribution is 0.0625. The van der Waals surface area contributed by atoms with E-state index in [1.807, 2.05) is 0 Å². The van der Waals surface area contributed by atoms with E-state index in [1.165, 1.54) is 0 Å². The minimum atomic E-state index is 0.412. The monoisotopic (exact) mass is 116 g/mol. The third kappa shape index (κ3) is 1.18. The largest absolute Gasteiger partial charge is 0.328 e. The van der Waals surface area contributed by atoms with Crippen LogP contribution in [-0.2, 0) is 4.84 Å². The van der Waals surface area contributed by atoms with Gasteiger partial charge in [-0.05, 0) is 18.8 Å². The van der Waals surface area contributed by atoms with Gasteiger partial charge in [-0.3, -0.25) is 0 Å². The Kier molecular flexibility index (Phi) is 1.83. The Labute approximate surface area is 48.9 Å².